The summed E-state index contributed by atoms with van der Waals surface area (Å²) in [5.74, 6) is -2.43. The molecule has 12 nitrogen and oxygen atoms in total. The standard InChI is InChI=1S/C34H49N5O7S/c1-22(2)27(19-23(3)30(40)37-47(45,46)21-24-15-14-18-26(20-24)39(43)44)38(10)32(42)29(33(4,5)6)36-31(41)28(35-9)34(7,8)25-16-12-11-13-17-25/h11-20,22,27-29,35H,21H2,1-10H3,(H,36,41)(H,37,40)/b23-19+. The van der Waals surface area contributed by atoms with Gasteiger partial charge in [0, 0.05) is 30.2 Å². The van der Waals surface area contributed by atoms with E-state index in [1.165, 1.54) is 36.1 Å². The maximum absolute atomic E-state index is 14.1. The lowest BCUT2D eigenvalue weighted by molar-refractivity contribution is -0.384. The fourth-order valence-electron chi connectivity index (χ4n) is 5.40. The van der Waals surface area contributed by atoms with E-state index in [0.29, 0.717) is 0 Å². The monoisotopic (exact) mass is 671 g/mol. The van der Waals surface area contributed by atoms with Crippen LogP contribution in [0.4, 0.5) is 5.69 Å². The normalized spacial score (nSPS) is 14.6. The molecule has 13 heteroatoms. The van der Waals surface area contributed by atoms with Gasteiger partial charge in [0.05, 0.1) is 22.8 Å². The summed E-state index contributed by atoms with van der Waals surface area (Å²) in [5, 5.41) is 17.2. The Morgan fingerprint density at radius 2 is 1.57 bits per heavy atom. The number of likely N-dealkylation sites (N-methyl/N-ethyl adjacent to an activating group) is 2. The first-order valence-electron chi connectivity index (χ1n) is 15.4. The van der Waals surface area contributed by atoms with E-state index < -0.39 is 55.6 Å². The summed E-state index contributed by atoms with van der Waals surface area (Å²) in [5.41, 5.74) is -0.402. The van der Waals surface area contributed by atoms with Crippen molar-refractivity contribution in [3.63, 3.8) is 0 Å². The highest BCUT2D eigenvalue weighted by Gasteiger charge is 2.41. The molecule has 0 aliphatic rings. The van der Waals surface area contributed by atoms with Crippen molar-refractivity contribution in [3.05, 3.63) is 87.5 Å². The highest BCUT2D eigenvalue weighted by atomic mass is 32.2. The van der Waals surface area contributed by atoms with Crippen LogP contribution in [0.1, 0.15) is 66.5 Å². The van der Waals surface area contributed by atoms with Gasteiger partial charge in [0.2, 0.25) is 21.8 Å². The lowest BCUT2D eigenvalue weighted by atomic mass is 9.76. The number of carbonyl (C=O) groups is 3. The highest BCUT2D eigenvalue weighted by molar-refractivity contribution is 7.89. The molecule has 0 bridgehead atoms. The summed E-state index contributed by atoms with van der Waals surface area (Å²) in [4.78, 5) is 52.7. The van der Waals surface area contributed by atoms with E-state index in [4.69, 9.17) is 0 Å². The maximum atomic E-state index is 14.1. The second-order valence-electron chi connectivity index (χ2n) is 13.8. The predicted octanol–water partition coefficient (Wildman–Crippen LogP) is 4.07. The van der Waals surface area contributed by atoms with Gasteiger partial charge in [-0.3, -0.25) is 24.5 Å². The maximum Gasteiger partial charge on any atom is 0.269 e. The lowest BCUT2D eigenvalue weighted by Gasteiger charge is -2.40. The van der Waals surface area contributed by atoms with Gasteiger partial charge >= 0.3 is 0 Å². The Morgan fingerprint density at radius 1 is 0.979 bits per heavy atom. The molecule has 3 atom stereocenters. The van der Waals surface area contributed by atoms with Gasteiger partial charge < -0.3 is 15.5 Å². The van der Waals surface area contributed by atoms with Crippen molar-refractivity contribution in [2.24, 2.45) is 11.3 Å². The number of rotatable bonds is 14. The number of nitro benzene ring substituents is 1. The van der Waals surface area contributed by atoms with E-state index in [2.05, 4.69) is 10.6 Å². The Hall–Kier alpha value is -4.10. The summed E-state index contributed by atoms with van der Waals surface area (Å²) < 4.78 is 27.5. The van der Waals surface area contributed by atoms with Crippen molar-refractivity contribution in [2.45, 2.75) is 84.7 Å². The van der Waals surface area contributed by atoms with E-state index in [0.717, 1.165) is 11.6 Å². The predicted molar refractivity (Wildman–Crippen MR) is 183 cm³/mol. The van der Waals surface area contributed by atoms with Crippen LogP contribution in [-0.4, -0.2) is 68.2 Å². The minimum atomic E-state index is -4.20. The van der Waals surface area contributed by atoms with Crippen LogP contribution in [0.15, 0.2) is 66.2 Å². The van der Waals surface area contributed by atoms with Gasteiger partial charge in [-0.15, -0.1) is 0 Å². The number of carbonyl (C=O) groups excluding carboxylic acids is 3. The molecule has 0 saturated heterocycles. The highest BCUT2D eigenvalue weighted by Crippen LogP contribution is 2.29. The van der Waals surface area contributed by atoms with Crippen LogP contribution in [0.2, 0.25) is 0 Å². The average molecular weight is 672 g/mol. The van der Waals surface area contributed by atoms with Crippen LogP contribution in [0, 0.1) is 21.4 Å². The number of nitrogens with one attached hydrogen (secondary N) is 3. The fourth-order valence-corrected chi connectivity index (χ4v) is 6.53. The zero-order valence-electron chi connectivity index (χ0n) is 29.0. The van der Waals surface area contributed by atoms with E-state index >= 15 is 0 Å². The Balaban J connectivity index is 2.29. The molecule has 3 N–H and O–H groups in total. The number of nitro groups is 1. The molecule has 0 heterocycles. The summed E-state index contributed by atoms with van der Waals surface area (Å²) in [6, 6.07) is 12.6. The molecule has 0 spiro atoms. The number of amides is 3. The van der Waals surface area contributed by atoms with Gasteiger partial charge in [-0.05, 0) is 36.4 Å². The molecule has 258 valence electrons. The van der Waals surface area contributed by atoms with Crippen molar-refractivity contribution in [2.75, 3.05) is 14.1 Å². The third kappa shape index (κ3) is 10.4. The first kappa shape index (κ1) is 39.1. The van der Waals surface area contributed by atoms with E-state index in [-0.39, 0.29) is 34.6 Å². The van der Waals surface area contributed by atoms with E-state index in [1.54, 1.807) is 14.1 Å². The van der Waals surface area contributed by atoms with Gasteiger partial charge in [-0.2, -0.15) is 0 Å². The van der Waals surface area contributed by atoms with Crippen LogP contribution >= 0.6 is 0 Å². The number of non-ortho nitro benzene ring substituents is 1. The average Bonchev–Trinajstić information content (AvgIpc) is 2.97. The van der Waals surface area contributed by atoms with Crippen LogP contribution in [0.5, 0.6) is 0 Å². The number of nitrogens with zero attached hydrogens (tertiary/aromatic N) is 2. The Morgan fingerprint density at radius 3 is 2.09 bits per heavy atom. The van der Waals surface area contributed by atoms with E-state index in [1.807, 2.05) is 83.5 Å². The van der Waals surface area contributed by atoms with Crippen LogP contribution in [0.25, 0.3) is 0 Å². The molecule has 2 aromatic rings. The molecule has 2 aromatic carbocycles. The quantitative estimate of drug-likeness (QED) is 0.154. The fraction of sp³-hybridized carbons (Fsp3) is 0.500. The molecule has 3 amide bonds. The third-order valence-corrected chi connectivity index (χ3v) is 9.38. The topological polar surface area (TPSA) is 168 Å². The minimum absolute atomic E-state index is 0.0576. The summed E-state index contributed by atoms with van der Waals surface area (Å²) in [6.45, 7) is 14.6. The molecule has 47 heavy (non-hydrogen) atoms. The van der Waals surface area contributed by atoms with E-state index in [9.17, 15) is 32.9 Å². The van der Waals surface area contributed by atoms with Gasteiger partial charge in [0.1, 0.15) is 6.04 Å². The molecule has 0 saturated carbocycles. The first-order chi connectivity index (χ1) is 21.6. The minimum Gasteiger partial charge on any atom is -0.342 e. The molecule has 0 radical (unpaired) electrons. The first-order valence-corrected chi connectivity index (χ1v) is 17.0. The molecular weight excluding hydrogens is 622 g/mol. The van der Waals surface area contributed by atoms with Gasteiger partial charge in [0.25, 0.3) is 11.6 Å². The number of benzene rings is 2. The molecule has 0 aliphatic heterocycles. The second-order valence-corrected chi connectivity index (χ2v) is 15.5. The SMILES string of the molecule is CNC(C(=O)NC(C(=O)N(C)C(/C=C(\C)C(=O)NS(=O)(=O)Cc1cccc([N+](=O)[O-])c1)C(C)C)C(C)(C)C)C(C)(C)c1ccccc1. The van der Waals surface area contributed by atoms with Gasteiger partial charge in [0.15, 0.2) is 0 Å². The smallest absolute Gasteiger partial charge is 0.269 e. The molecular formula is C34H49N5O7S. The number of hydrogen-bond acceptors (Lipinski definition) is 8. The third-order valence-electron chi connectivity index (χ3n) is 8.17. The molecule has 0 aromatic heterocycles. The molecule has 3 unspecified atom stereocenters. The van der Waals surface area contributed by atoms with Crippen molar-refractivity contribution in [1.82, 2.24) is 20.3 Å². The molecule has 0 aliphatic carbocycles. The van der Waals surface area contributed by atoms with Gasteiger partial charge in [-0.1, -0.05) is 97.0 Å². The Bertz CT molecular complexity index is 1580. The van der Waals surface area contributed by atoms with Crippen LogP contribution < -0.4 is 15.4 Å². The zero-order valence-corrected chi connectivity index (χ0v) is 29.8. The van der Waals surface area contributed by atoms with Crippen LogP contribution in [-0.2, 0) is 35.6 Å². The lowest BCUT2D eigenvalue weighted by Crippen LogP contribution is -2.61. The summed E-state index contributed by atoms with van der Waals surface area (Å²) in [7, 11) is -0.914. The Kier molecular flexibility index (Phi) is 13.0. The van der Waals surface area contributed by atoms with Crippen molar-refractivity contribution < 1.29 is 27.7 Å². The summed E-state index contributed by atoms with van der Waals surface area (Å²) >= 11 is 0. The number of hydrogen-bond donors (Lipinski definition) is 3. The van der Waals surface area contributed by atoms with Crippen molar-refractivity contribution in [3.8, 4) is 0 Å². The Labute approximate surface area is 278 Å². The van der Waals surface area contributed by atoms with Crippen molar-refractivity contribution >= 4 is 33.4 Å². The van der Waals surface area contributed by atoms with Gasteiger partial charge in [-0.25, -0.2) is 13.1 Å². The molecule has 2 rings (SSSR count). The number of sulfonamides is 1. The zero-order chi connectivity index (χ0) is 35.9. The van der Waals surface area contributed by atoms with Crippen LogP contribution in [0.3, 0.4) is 0 Å². The second kappa shape index (κ2) is 15.7. The molecule has 0 fully saturated rings. The largest absolute Gasteiger partial charge is 0.342 e. The van der Waals surface area contributed by atoms with Crippen molar-refractivity contribution in [1.29, 1.82) is 0 Å². The summed E-state index contributed by atoms with van der Waals surface area (Å²) in [6.07, 6.45) is 1.53.